The van der Waals surface area contributed by atoms with Gasteiger partial charge in [-0.1, -0.05) is 65.8 Å². The molecule has 16 heavy (non-hydrogen) atoms. The summed E-state index contributed by atoms with van der Waals surface area (Å²) in [7, 11) is 0. The van der Waals surface area contributed by atoms with E-state index in [1.54, 1.807) is 0 Å². The Morgan fingerprint density at radius 3 is 1.62 bits per heavy atom. The first-order valence-corrected chi connectivity index (χ1v) is 4.96. The topological polar surface area (TPSA) is 47.6 Å². The molecule has 0 spiro atoms. The van der Waals surface area contributed by atoms with Gasteiger partial charge in [-0.15, -0.1) is 5.90 Å². The van der Waals surface area contributed by atoms with E-state index in [2.05, 4.69) is 10.1 Å². The van der Waals surface area contributed by atoms with Crippen LogP contribution in [-0.2, 0) is 4.94 Å². The fourth-order valence-electron chi connectivity index (χ4n) is 1.52. The Hall–Kier alpha value is -2.13. The average Bonchev–Trinajstić information content (AvgIpc) is 2.38. The summed E-state index contributed by atoms with van der Waals surface area (Å²) >= 11 is 0. The van der Waals surface area contributed by atoms with Crippen LogP contribution in [0.4, 0.5) is 0 Å². The van der Waals surface area contributed by atoms with Crippen molar-refractivity contribution in [3.63, 3.8) is 0 Å². The Labute approximate surface area is 94.1 Å². The van der Waals surface area contributed by atoms with E-state index in [1.165, 1.54) is 0 Å². The first-order chi connectivity index (χ1) is 7.92. The van der Waals surface area contributed by atoms with Crippen LogP contribution in [0.2, 0.25) is 0 Å². The summed E-state index contributed by atoms with van der Waals surface area (Å²) in [5.74, 6) is 5.02. The maximum Gasteiger partial charge on any atom is 0.119 e. The van der Waals surface area contributed by atoms with Gasteiger partial charge in [-0.2, -0.15) is 0 Å². The molecule has 0 unspecified atom stereocenters. The SMILES string of the molecule is NON=C(c1ccccc1)c1ccccc1. The van der Waals surface area contributed by atoms with Gasteiger partial charge in [-0.25, -0.2) is 0 Å². The second kappa shape index (κ2) is 5.09. The monoisotopic (exact) mass is 212 g/mol. The molecule has 0 fully saturated rings. The van der Waals surface area contributed by atoms with Crippen LogP contribution < -0.4 is 5.90 Å². The Morgan fingerprint density at radius 2 is 1.25 bits per heavy atom. The lowest BCUT2D eigenvalue weighted by molar-refractivity contribution is 0.149. The zero-order valence-corrected chi connectivity index (χ0v) is 8.71. The number of hydrogen-bond donors (Lipinski definition) is 1. The lowest BCUT2D eigenvalue weighted by Gasteiger charge is -2.04. The Balaban J connectivity index is 2.44. The van der Waals surface area contributed by atoms with Crippen LogP contribution >= 0.6 is 0 Å². The largest absolute Gasteiger partial charge is 0.302 e. The minimum atomic E-state index is 0.726. The zero-order chi connectivity index (χ0) is 11.2. The summed E-state index contributed by atoms with van der Waals surface area (Å²) in [5.41, 5.74) is 2.67. The van der Waals surface area contributed by atoms with Gasteiger partial charge in [0.2, 0.25) is 0 Å². The number of benzene rings is 2. The van der Waals surface area contributed by atoms with Crippen molar-refractivity contribution in [3.05, 3.63) is 71.8 Å². The molecule has 0 aliphatic heterocycles. The first kappa shape index (κ1) is 10.4. The highest BCUT2D eigenvalue weighted by Gasteiger charge is 2.06. The van der Waals surface area contributed by atoms with Crippen molar-refractivity contribution < 1.29 is 4.94 Å². The predicted octanol–water partition coefficient (Wildman–Crippen LogP) is 2.33. The average molecular weight is 212 g/mol. The molecule has 0 heterocycles. The van der Waals surface area contributed by atoms with Gasteiger partial charge in [0, 0.05) is 11.1 Å². The van der Waals surface area contributed by atoms with Gasteiger partial charge in [-0.3, -0.25) is 0 Å². The smallest absolute Gasteiger partial charge is 0.119 e. The number of nitrogens with zero attached hydrogens (tertiary/aromatic N) is 1. The van der Waals surface area contributed by atoms with Crippen molar-refractivity contribution >= 4 is 5.71 Å². The number of hydrogen-bond acceptors (Lipinski definition) is 3. The Kier molecular flexibility index (Phi) is 3.31. The molecule has 0 saturated heterocycles. The van der Waals surface area contributed by atoms with Crippen LogP contribution in [0, 0.1) is 0 Å². The van der Waals surface area contributed by atoms with E-state index in [-0.39, 0.29) is 0 Å². The zero-order valence-electron chi connectivity index (χ0n) is 8.71. The summed E-state index contributed by atoms with van der Waals surface area (Å²) in [4.78, 5) is 4.40. The maximum atomic E-state index is 5.02. The van der Waals surface area contributed by atoms with E-state index in [9.17, 15) is 0 Å². The van der Waals surface area contributed by atoms with Crippen molar-refractivity contribution in [1.29, 1.82) is 0 Å². The van der Waals surface area contributed by atoms with Crippen LogP contribution in [-0.4, -0.2) is 5.71 Å². The van der Waals surface area contributed by atoms with Gasteiger partial charge in [-0.05, 0) is 0 Å². The third kappa shape index (κ3) is 2.27. The molecule has 2 N–H and O–H groups in total. The van der Waals surface area contributed by atoms with E-state index in [4.69, 9.17) is 5.90 Å². The third-order valence-corrected chi connectivity index (χ3v) is 2.24. The molecule has 0 aliphatic rings. The summed E-state index contributed by atoms with van der Waals surface area (Å²) in [6, 6.07) is 19.6. The van der Waals surface area contributed by atoms with Gasteiger partial charge in [0.25, 0.3) is 0 Å². The molecular weight excluding hydrogens is 200 g/mol. The van der Waals surface area contributed by atoms with Gasteiger partial charge in [0.15, 0.2) is 0 Å². The molecule has 3 heteroatoms. The highest BCUT2D eigenvalue weighted by Crippen LogP contribution is 2.10. The van der Waals surface area contributed by atoms with Crippen LogP contribution in [0.3, 0.4) is 0 Å². The van der Waals surface area contributed by atoms with E-state index in [0.717, 1.165) is 16.8 Å². The van der Waals surface area contributed by atoms with E-state index in [1.807, 2.05) is 60.7 Å². The molecule has 2 rings (SSSR count). The minimum Gasteiger partial charge on any atom is -0.302 e. The second-order valence-electron chi connectivity index (χ2n) is 3.28. The first-order valence-electron chi connectivity index (χ1n) is 4.96. The molecule has 2 aromatic carbocycles. The quantitative estimate of drug-likeness (QED) is 0.627. The molecule has 0 atom stereocenters. The van der Waals surface area contributed by atoms with E-state index >= 15 is 0 Å². The van der Waals surface area contributed by atoms with Crippen LogP contribution in [0.5, 0.6) is 0 Å². The van der Waals surface area contributed by atoms with Gasteiger partial charge in [0.1, 0.15) is 5.71 Å². The van der Waals surface area contributed by atoms with Gasteiger partial charge < -0.3 is 4.94 Å². The lowest BCUT2D eigenvalue weighted by Crippen LogP contribution is -2.05. The molecule has 2 aromatic rings. The fraction of sp³-hybridized carbons (Fsp3) is 0. The lowest BCUT2D eigenvalue weighted by atomic mass is 10.0. The standard InChI is InChI=1S/C13H12N2O/c14-16-15-13(11-7-3-1-4-8-11)12-9-5-2-6-10-12/h1-10H,14H2. The van der Waals surface area contributed by atoms with Crippen LogP contribution in [0.25, 0.3) is 0 Å². The van der Waals surface area contributed by atoms with E-state index in [0.29, 0.717) is 0 Å². The van der Waals surface area contributed by atoms with Crippen molar-refractivity contribution in [2.45, 2.75) is 0 Å². The maximum absolute atomic E-state index is 5.02. The Bertz CT molecular complexity index is 424. The van der Waals surface area contributed by atoms with Crippen LogP contribution in [0.15, 0.2) is 65.8 Å². The highest BCUT2D eigenvalue weighted by atomic mass is 16.7. The molecular formula is C13H12N2O. The Morgan fingerprint density at radius 1 is 0.812 bits per heavy atom. The summed E-state index contributed by atoms with van der Waals surface area (Å²) < 4.78 is 0. The normalized spacial score (nSPS) is 9.56. The molecule has 0 radical (unpaired) electrons. The predicted molar refractivity (Wildman–Crippen MR) is 63.8 cm³/mol. The number of oxime groups is 1. The van der Waals surface area contributed by atoms with Crippen molar-refractivity contribution in [1.82, 2.24) is 0 Å². The van der Waals surface area contributed by atoms with Crippen molar-refractivity contribution in [2.75, 3.05) is 0 Å². The minimum absolute atomic E-state index is 0.726. The molecule has 0 aliphatic carbocycles. The van der Waals surface area contributed by atoms with Crippen LogP contribution in [0.1, 0.15) is 11.1 Å². The summed E-state index contributed by atoms with van der Waals surface area (Å²) in [6.07, 6.45) is 0. The number of nitrogens with two attached hydrogens (primary N) is 1. The summed E-state index contributed by atoms with van der Waals surface area (Å²) in [5, 5.41) is 3.86. The molecule has 0 bridgehead atoms. The van der Waals surface area contributed by atoms with Crippen molar-refractivity contribution in [3.8, 4) is 0 Å². The number of rotatable bonds is 3. The third-order valence-electron chi connectivity index (χ3n) is 2.24. The molecule has 3 nitrogen and oxygen atoms in total. The van der Waals surface area contributed by atoms with Crippen molar-refractivity contribution in [2.24, 2.45) is 11.1 Å². The molecule has 0 amide bonds. The molecule has 80 valence electrons. The molecule has 0 aromatic heterocycles. The van der Waals surface area contributed by atoms with Gasteiger partial charge in [0.05, 0.1) is 0 Å². The highest BCUT2D eigenvalue weighted by molar-refractivity contribution is 6.12. The molecule has 0 saturated carbocycles. The fourth-order valence-corrected chi connectivity index (χ4v) is 1.52. The van der Waals surface area contributed by atoms with E-state index < -0.39 is 0 Å². The summed E-state index contributed by atoms with van der Waals surface area (Å²) in [6.45, 7) is 0. The van der Waals surface area contributed by atoms with Gasteiger partial charge >= 0.3 is 0 Å². The second-order valence-corrected chi connectivity index (χ2v) is 3.28.